The van der Waals surface area contributed by atoms with Gasteiger partial charge in [0.15, 0.2) is 0 Å². The van der Waals surface area contributed by atoms with E-state index in [2.05, 4.69) is 23.8 Å². The fourth-order valence-corrected chi connectivity index (χ4v) is 3.48. The highest BCUT2D eigenvalue weighted by molar-refractivity contribution is 4.95. The quantitative estimate of drug-likeness (QED) is 0.817. The Morgan fingerprint density at radius 1 is 1.32 bits per heavy atom. The molecule has 112 valence electrons. The largest absolute Gasteiger partial charge is 0.377 e. The molecular weight excluding hydrogens is 238 g/mol. The summed E-state index contributed by atoms with van der Waals surface area (Å²) in [7, 11) is 2.24. The number of ether oxygens (including phenoxy) is 1. The first-order chi connectivity index (χ1) is 9.20. The molecule has 0 aromatic heterocycles. The average Bonchev–Trinajstić information content (AvgIpc) is 2.48. The summed E-state index contributed by atoms with van der Waals surface area (Å²) in [4.78, 5) is 5.02. The Morgan fingerprint density at radius 3 is 2.58 bits per heavy atom. The van der Waals surface area contributed by atoms with Gasteiger partial charge in [-0.05, 0) is 58.8 Å². The Labute approximate surface area is 118 Å². The Balaban J connectivity index is 1.88. The van der Waals surface area contributed by atoms with Crippen LogP contribution in [0.15, 0.2) is 0 Å². The van der Waals surface area contributed by atoms with Crippen molar-refractivity contribution in [2.24, 2.45) is 5.73 Å². The van der Waals surface area contributed by atoms with E-state index < -0.39 is 0 Å². The lowest BCUT2D eigenvalue weighted by atomic mass is 9.85. The molecule has 0 aromatic rings. The highest BCUT2D eigenvalue weighted by atomic mass is 16.5. The van der Waals surface area contributed by atoms with E-state index in [-0.39, 0.29) is 5.54 Å². The second-order valence-electron chi connectivity index (χ2n) is 6.23. The van der Waals surface area contributed by atoms with Crippen LogP contribution in [0.5, 0.6) is 0 Å². The van der Waals surface area contributed by atoms with E-state index in [0.29, 0.717) is 6.10 Å². The highest BCUT2D eigenvalue weighted by Crippen LogP contribution is 2.28. The van der Waals surface area contributed by atoms with Crippen LogP contribution in [0.1, 0.15) is 39.0 Å². The van der Waals surface area contributed by atoms with E-state index in [4.69, 9.17) is 10.5 Å². The third-order valence-electron chi connectivity index (χ3n) is 5.18. The van der Waals surface area contributed by atoms with Crippen molar-refractivity contribution in [2.75, 3.05) is 46.4 Å². The summed E-state index contributed by atoms with van der Waals surface area (Å²) in [6.07, 6.45) is 6.57. The molecule has 0 amide bonds. The molecule has 0 aliphatic carbocycles. The van der Waals surface area contributed by atoms with E-state index in [9.17, 15) is 0 Å². The molecule has 2 saturated heterocycles. The molecule has 2 aliphatic rings. The Morgan fingerprint density at radius 2 is 2.05 bits per heavy atom. The number of rotatable bonds is 5. The van der Waals surface area contributed by atoms with Gasteiger partial charge in [0.2, 0.25) is 0 Å². The number of likely N-dealkylation sites (tertiary alicyclic amines) is 1. The summed E-state index contributed by atoms with van der Waals surface area (Å²) in [6.45, 7) is 8.53. The average molecular weight is 269 g/mol. The summed E-state index contributed by atoms with van der Waals surface area (Å²) in [5.41, 5.74) is 6.33. The van der Waals surface area contributed by atoms with Crippen LogP contribution in [0, 0.1) is 0 Å². The van der Waals surface area contributed by atoms with E-state index in [1.165, 1.54) is 45.2 Å². The molecule has 0 saturated carbocycles. The summed E-state index contributed by atoms with van der Waals surface area (Å²) in [5, 5.41) is 0. The summed E-state index contributed by atoms with van der Waals surface area (Å²) in [5.74, 6) is 0. The molecule has 0 spiro atoms. The van der Waals surface area contributed by atoms with Crippen LogP contribution in [0.4, 0.5) is 0 Å². The Hall–Kier alpha value is -0.160. The van der Waals surface area contributed by atoms with E-state index in [0.717, 1.165) is 26.2 Å². The van der Waals surface area contributed by atoms with Crippen molar-refractivity contribution in [2.45, 2.75) is 50.7 Å². The minimum Gasteiger partial charge on any atom is -0.377 e. The number of hydrogen-bond acceptors (Lipinski definition) is 4. The van der Waals surface area contributed by atoms with Gasteiger partial charge in [0.1, 0.15) is 0 Å². The first-order valence-corrected chi connectivity index (χ1v) is 7.95. The van der Waals surface area contributed by atoms with Crippen LogP contribution in [-0.4, -0.2) is 67.8 Å². The number of piperidine rings is 1. The molecule has 2 fully saturated rings. The zero-order valence-electron chi connectivity index (χ0n) is 12.7. The smallest absolute Gasteiger partial charge is 0.0702 e. The van der Waals surface area contributed by atoms with Gasteiger partial charge in [-0.15, -0.1) is 0 Å². The maximum absolute atomic E-state index is 6.13. The van der Waals surface area contributed by atoms with Gasteiger partial charge in [-0.3, -0.25) is 4.90 Å². The van der Waals surface area contributed by atoms with Gasteiger partial charge in [-0.25, -0.2) is 0 Å². The predicted octanol–water partition coefficient (Wildman–Crippen LogP) is 1.30. The van der Waals surface area contributed by atoms with Gasteiger partial charge in [0.25, 0.3) is 0 Å². The third-order valence-corrected chi connectivity index (χ3v) is 5.18. The van der Waals surface area contributed by atoms with Gasteiger partial charge < -0.3 is 15.4 Å². The summed E-state index contributed by atoms with van der Waals surface area (Å²) < 4.78 is 5.88. The van der Waals surface area contributed by atoms with Gasteiger partial charge >= 0.3 is 0 Å². The maximum Gasteiger partial charge on any atom is 0.0702 e. The monoisotopic (exact) mass is 269 g/mol. The lowest BCUT2D eigenvalue weighted by molar-refractivity contribution is -0.0354. The zero-order valence-corrected chi connectivity index (χ0v) is 12.7. The van der Waals surface area contributed by atoms with Crippen molar-refractivity contribution in [3.8, 4) is 0 Å². The number of hydrogen-bond donors (Lipinski definition) is 1. The first kappa shape index (κ1) is 15.2. The maximum atomic E-state index is 6.13. The van der Waals surface area contributed by atoms with E-state index >= 15 is 0 Å². The van der Waals surface area contributed by atoms with Crippen molar-refractivity contribution in [1.82, 2.24) is 9.80 Å². The normalized spacial score (nSPS) is 28.7. The Kier molecular flexibility index (Phi) is 5.63. The lowest BCUT2D eigenvalue weighted by Crippen LogP contribution is -2.59. The number of likely N-dealkylation sites (N-methyl/N-ethyl adjacent to an activating group) is 1. The fraction of sp³-hybridized carbons (Fsp3) is 1.00. The van der Waals surface area contributed by atoms with Crippen LogP contribution in [-0.2, 0) is 4.74 Å². The van der Waals surface area contributed by atoms with E-state index in [1.54, 1.807) is 0 Å². The molecule has 2 N–H and O–H groups in total. The molecule has 4 nitrogen and oxygen atoms in total. The lowest BCUT2D eigenvalue weighted by Gasteiger charge is -2.48. The second-order valence-corrected chi connectivity index (χ2v) is 6.23. The van der Waals surface area contributed by atoms with Crippen LogP contribution in [0.2, 0.25) is 0 Å². The van der Waals surface area contributed by atoms with Crippen LogP contribution < -0.4 is 5.73 Å². The number of nitrogens with zero attached hydrogens (tertiary/aromatic N) is 2. The SMILES string of the molecule is CCN1CCC(CN)(N(C)CC2CCCCO2)CC1. The summed E-state index contributed by atoms with van der Waals surface area (Å²) >= 11 is 0. The topological polar surface area (TPSA) is 41.7 Å². The van der Waals surface area contributed by atoms with E-state index in [1.807, 2.05) is 0 Å². The number of nitrogens with two attached hydrogens (primary N) is 1. The van der Waals surface area contributed by atoms with Gasteiger partial charge in [0, 0.05) is 25.2 Å². The van der Waals surface area contributed by atoms with Crippen LogP contribution in [0.3, 0.4) is 0 Å². The standard InChI is InChI=1S/C15H31N3O/c1-3-18-9-7-15(13-16,8-10-18)17(2)12-14-6-4-5-11-19-14/h14H,3-13,16H2,1-2H3. The molecule has 19 heavy (non-hydrogen) atoms. The zero-order chi connectivity index (χ0) is 13.7. The van der Waals surface area contributed by atoms with Crippen molar-refractivity contribution < 1.29 is 4.74 Å². The molecule has 2 heterocycles. The van der Waals surface area contributed by atoms with Gasteiger partial charge in [-0.2, -0.15) is 0 Å². The van der Waals surface area contributed by atoms with Crippen molar-refractivity contribution in [1.29, 1.82) is 0 Å². The fourth-order valence-electron chi connectivity index (χ4n) is 3.48. The Bertz CT molecular complexity index is 258. The molecule has 1 unspecified atom stereocenters. The van der Waals surface area contributed by atoms with Gasteiger partial charge in [-0.1, -0.05) is 6.92 Å². The van der Waals surface area contributed by atoms with Gasteiger partial charge in [0.05, 0.1) is 6.10 Å². The van der Waals surface area contributed by atoms with Crippen molar-refractivity contribution in [3.05, 3.63) is 0 Å². The molecule has 2 rings (SSSR count). The molecule has 1 atom stereocenters. The summed E-state index contributed by atoms with van der Waals surface area (Å²) in [6, 6.07) is 0. The molecule has 0 bridgehead atoms. The second kappa shape index (κ2) is 7.02. The molecule has 0 radical (unpaired) electrons. The first-order valence-electron chi connectivity index (χ1n) is 7.95. The van der Waals surface area contributed by atoms with Crippen LogP contribution >= 0.6 is 0 Å². The van der Waals surface area contributed by atoms with Crippen molar-refractivity contribution >= 4 is 0 Å². The minimum atomic E-state index is 0.201. The minimum absolute atomic E-state index is 0.201. The predicted molar refractivity (Wildman–Crippen MR) is 79.4 cm³/mol. The molecular formula is C15H31N3O. The molecule has 2 aliphatic heterocycles. The van der Waals surface area contributed by atoms with Crippen molar-refractivity contribution in [3.63, 3.8) is 0 Å². The third kappa shape index (κ3) is 3.69. The molecule has 4 heteroatoms. The molecule has 0 aromatic carbocycles. The van der Waals surface area contributed by atoms with Crippen LogP contribution in [0.25, 0.3) is 0 Å². The highest BCUT2D eigenvalue weighted by Gasteiger charge is 2.37.